The minimum absolute atomic E-state index is 0.000729. The maximum Gasteiger partial charge on any atom is 0.339 e. The molecule has 0 fully saturated rings. The number of nitrogens with one attached hydrogen (secondary N) is 1. The first-order valence-corrected chi connectivity index (χ1v) is 9.27. The fourth-order valence-corrected chi connectivity index (χ4v) is 3.21. The largest absolute Gasteiger partial charge is 0.478 e. The molecular formula is C22H19N5O3. The van der Waals surface area contributed by atoms with Crippen molar-refractivity contribution in [2.75, 3.05) is 0 Å². The number of aromatic nitrogens is 4. The van der Waals surface area contributed by atoms with Gasteiger partial charge in [-0.05, 0) is 12.1 Å². The Hall–Kier alpha value is -4.20. The molecule has 4 aromatic rings. The van der Waals surface area contributed by atoms with E-state index in [0.29, 0.717) is 0 Å². The molecule has 0 atom stereocenters. The number of nitrogens with zero attached hydrogens (tertiary/aromatic N) is 4. The number of carboxylic acids is 1. The molecule has 2 N–H and O–H groups in total. The summed E-state index contributed by atoms with van der Waals surface area (Å²) in [5, 5.41) is 20.7. The van der Waals surface area contributed by atoms with Crippen LogP contribution in [-0.2, 0) is 13.6 Å². The first kappa shape index (κ1) is 19.1. The van der Waals surface area contributed by atoms with E-state index in [2.05, 4.69) is 10.4 Å². The molecule has 0 bridgehead atoms. The Morgan fingerprint density at radius 1 is 1.03 bits per heavy atom. The van der Waals surface area contributed by atoms with Crippen molar-refractivity contribution in [3.63, 3.8) is 0 Å². The van der Waals surface area contributed by atoms with Gasteiger partial charge in [-0.15, -0.1) is 0 Å². The second-order valence-corrected chi connectivity index (χ2v) is 6.67. The summed E-state index contributed by atoms with van der Waals surface area (Å²) in [5.74, 6) is -1.71. The zero-order valence-electron chi connectivity index (χ0n) is 16.2. The van der Waals surface area contributed by atoms with Crippen LogP contribution in [0.2, 0.25) is 0 Å². The second kappa shape index (κ2) is 8.04. The number of para-hydroxylation sites is 1. The van der Waals surface area contributed by atoms with Crippen molar-refractivity contribution in [1.82, 2.24) is 24.9 Å². The van der Waals surface area contributed by atoms with Crippen molar-refractivity contribution in [3.05, 3.63) is 89.9 Å². The summed E-state index contributed by atoms with van der Waals surface area (Å²) >= 11 is 0. The van der Waals surface area contributed by atoms with E-state index in [4.69, 9.17) is 5.10 Å². The highest BCUT2D eigenvalue weighted by Gasteiger charge is 2.22. The van der Waals surface area contributed by atoms with Gasteiger partial charge < -0.3 is 10.4 Å². The van der Waals surface area contributed by atoms with Crippen LogP contribution in [0.4, 0.5) is 0 Å². The molecule has 4 rings (SSSR count). The Bertz CT molecular complexity index is 1200. The number of carboxylic acid groups (broad SMARTS) is 1. The number of rotatable bonds is 6. The quantitative estimate of drug-likeness (QED) is 0.517. The Balaban J connectivity index is 1.65. The van der Waals surface area contributed by atoms with Gasteiger partial charge in [-0.3, -0.25) is 9.48 Å². The number of hydrogen-bond acceptors (Lipinski definition) is 4. The normalized spacial score (nSPS) is 10.7. The van der Waals surface area contributed by atoms with Gasteiger partial charge in [0.05, 0.1) is 17.6 Å². The summed E-state index contributed by atoms with van der Waals surface area (Å²) in [4.78, 5) is 24.1. The third-order valence-electron chi connectivity index (χ3n) is 4.68. The predicted molar refractivity (Wildman–Crippen MR) is 110 cm³/mol. The molecule has 0 unspecified atom stereocenters. The number of aromatic carboxylic acids is 1. The predicted octanol–water partition coefficient (Wildman–Crippen LogP) is 2.90. The molecule has 2 aromatic carbocycles. The van der Waals surface area contributed by atoms with Crippen LogP contribution in [0.5, 0.6) is 0 Å². The molecule has 30 heavy (non-hydrogen) atoms. The van der Waals surface area contributed by atoms with Crippen molar-refractivity contribution < 1.29 is 14.7 Å². The lowest BCUT2D eigenvalue weighted by molar-refractivity contribution is 0.0690. The third kappa shape index (κ3) is 3.70. The summed E-state index contributed by atoms with van der Waals surface area (Å²) in [7, 11) is 1.53. The molecule has 8 heteroatoms. The summed E-state index contributed by atoms with van der Waals surface area (Å²) < 4.78 is 3.01. The SMILES string of the molecule is Cn1ncc(C(=O)O)c1C(=O)NCc1cn(-c2ccccc2)nc1-c1ccccc1. The van der Waals surface area contributed by atoms with E-state index in [9.17, 15) is 14.7 Å². The van der Waals surface area contributed by atoms with Gasteiger partial charge in [0, 0.05) is 30.9 Å². The van der Waals surface area contributed by atoms with Gasteiger partial charge in [0.2, 0.25) is 0 Å². The van der Waals surface area contributed by atoms with Crippen LogP contribution in [0.3, 0.4) is 0 Å². The Morgan fingerprint density at radius 2 is 1.70 bits per heavy atom. The number of aryl methyl sites for hydroxylation is 1. The fraction of sp³-hybridized carbons (Fsp3) is 0.0909. The highest BCUT2D eigenvalue weighted by Crippen LogP contribution is 2.23. The van der Waals surface area contributed by atoms with Crippen LogP contribution in [0.1, 0.15) is 26.4 Å². The van der Waals surface area contributed by atoms with Crippen molar-refractivity contribution in [1.29, 1.82) is 0 Å². The number of carbonyl (C=O) groups excluding carboxylic acids is 1. The monoisotopic (exact) mass is 401 g/mol. The lowest BCUT2D eigenvalue weighted by Crippen LogP contribution is -2.27. The molecule has 2 aromatic heterocycles. The van der Waals surface area contributed by atoms with Crippen LogP contribution in [0.25, 0.3) is 16.9 Å². The Labute approximate surface area is 172 Å². The van der Waals surface area contributed by atoms with Gasteiger partial charge in [-0.1, -0.05) is 48.5 Å². The van der Waals surface area contributed by atoms with Crippen molar-refractivity contribution in [2.24, 2.45) is 7.05 Å². The van der Waals surface area contributed by atoms with Crippen LogP contribution in [-0.4, -0.2) is 36.5 Å². The fourth-order valence-electron chi connectivity index (χ4n) is 3.21. The molecule has 0 aliphatic rings. The first-order chi connectivity index (χ1) is 14.5. The summed E-state index contributed by atoms with van der Waals surface area (Å²) in [5.41, 5.74) is 3.22. The standard InChI is InChI=1S/C22H19N5O3/c1-26-20(18(13-24-26)22(29)30)21(28)23-12-16-14-27(17-10-6-3-7-11-17)25-19(16)15-8-4-2-5-9-15/h2-11,13-14H,12H2,1H3,(H,23,28)(H,29,30). The first-order valence-electron chi connectivity index (χ1n) is 9.27. The molecule has 150 valence electrons. The van der Waals surface area contributed by atoms with E-state index in [0.717, 1.165) is 22.5 Å². The van der Waals surface area contributed by atoms with Crippen LogP contribution >= 0.6 is 0 Å². The topological polar surface area (TPSA) is 102 Å². The lowest BCUT2D eigenvalue weighted by Gasteiger charge is -2.07. The molecule has 1 amide bonds. The Morgan fingerprint density at radius 3 is 2.37 bits per heavy atom. The maximum atomic E-state index is 12.7. The van der Waals surface area contributed by atoms with Gasteiger partial charge in [0.15, 0.2) is 0 Å². The molecule has 0 aliphatic heterocycles. The van der Waals surface area contributed by atoms with Gasteiger partial charge >= 0.3 is 5.97 Å². The van der Waals surface area contributed by atoms with Gasteiger partial charge in [0.1, 0.15) is 11.3 Å². The van der Waals surface area contributed by atoms with E-state index in [1.807, 2.05) is 66.9 Å². The van der Waals surface area contributed by atoms with Crippen LogP contribution in [0, 0.1) is 0 Å². The zero-order chi connectivity index (χ0) is 21.1. The van der Waals surface area contributed by atoms with Crippen molar-refractivity contribution in [3.8, 4) is 16.9 Å². The lowest BCUT2D eigenvalue weighted by atomic mass is 10.1. The van der Waals surface area contributed by atoms with Crippen molar-refractivity contribution >= 4 is 11.9 Å². The summed E-state index contributed by atoms with van der Waals surface area (Å²) in [6.07, 6.45) is 3.03. The molecule has 2 heterocycles. The van der Waals surface area contributed by atoms with E-state index in [-0.39, 0.29) is 17.8 Å². The van der Waals surface area contributed by atoms with Gasteiger partial charge in [-0.25, -0.2) is 9.48 Å². The second-order valence-electron chi connectivity index (χ2n) is 6.67. The molecular weight excluding hydrogens is 382 g/mol. The molecule has 0 radical (unpaired) electrons. The maximum absolute atomic E-state index is 12.7. The van der Waals surface area contributed by atoms with Crippen molar-refractivity contribution in [2.45, 2.75) is 6.54 Å². The smallest absolute Gasteiger partial charge is 0.339 e. The summed E-state index contributed by atoms with van der Waals surface area (Å²) in [6.45, 7) is 0.181. The molecule has 0 saturated heterocycles. The average molecular weight is 401 g/mol. The van der Waals surface area contributed by atoms with Crippen LogP contribution < -0.4 is 5.32 Å². The van der Waals surface area contributed by atoms with E-state index in [1.165, 1.54) is 17.9 Å². The molecule has 8 nitrogen and oxygen atoms in total. The molecule has 0 saturated carbocycles. The highest BCUT2D eigenvalue weighted by molar-refractivity contribution is 6.03. The van der Waals surface area contributed by atoms with E-state index in [1.54, 1.807) is 4.68 Å². The van der Waals surface area contributed by atoms with E-state index >= 15 is 0 Å². The number of hydrogen-bond donors (Lipinski definition) is 2. The van der Waals surface area contributed by atoms with Crippen LogP contribution in [0.15, 0.2) is 73.1 Å². The molecule has 0 aliphatic carbocycles. The number of carbonyl (C=O) groups is 2. The number of benzene rings is 2. The zero-order valence-corrected chi connectivity index (χ0v) is 16.2. The minimum Gasteiger partial charge on any atom is -0.478 e. The number of amides is 1. The van der Waals surface area contributed by atoms with E-state index < -0.39 is 11.9 Å². The minimum atomic E-state index is -1.20. The van der Waals surface area contributed by atoms with Gasteiger partial charge in [0.25, 0.3) is 5.91 Å². The third-order valence-corrected chi connectivity index (χ3v) is 4.68. The summed E-state index contributed by atoms with van der Waals surface area (Å²) in [6, 6.07) is 19.3. The van der Waals surface area contributed by atoms with Gasteiger partial charge in [-0.2, -0.15) is 10.2 Å². The Kier molecular flexibility index (Phi) is 5.13. The molecule has 0 spiro atoms. The highest BCUT2D eigenvalue weighted by atomic mass is 16.4. The average Bonchev–Trinajstić information content (AvgIpc) is 3.37.